The second-order valence-electron chi connectivity index (χ2n) is 6.11. The zero-order valence-electron chi connectivity index (χ0n) is 12.9. The Labute approximate surface area is 131 Å². The third-order valence-electron chi connectivity index (χ3n) is 4.39. The lowest BCUT2D eigenvalue weighted by molar-refractivity contribution is -0.122. The van der Waals surface area contributed by atoms with E-state index in [9.17, 15) is 4.79 Å². The van der Waals surface area contributed by atoms with Crippen LogP contribution in [0.2, 0.25) is 0 Å². The minimum absolute atomic E-state index is 0.140. The SMILES string of the molecule is O=C(CC[C@H]1CCCO1)N[C@H]1CCCN(c2cccnn2)C1. The van der Waals surface area contributed by atoms with Gasteiger partial charge in [0, 0.05) is 38.4 Å². The van der Waals surface area contributed by atoms with Gasteiger partial charge >= 0.3 is 0 Å². The van der Waals surface area contributed by atoms with Crippen molar-refractivity contribution in [2.75, 3.05) is 24.6 Å². The molecule has 1 amide bonds. The van der Waals surface area contributed by atoms with Gasteiger partial charge in [-0.1, -0.05) is 0 Å². The van der Waals surface area contributed by atoms with Crippen LogP contribution in [-0.2, 0) is 9.53 Å². The quantitative estimate of drug-likeness (QED) is 0.893. The summed E-state index contributed by atoms with van der Waals surface area (Å²) in [6, 6.07) is 4.06. The van der Waals surface area contributed by atoms with Crippen molar-refractivity contribution in [2.45, 2.75) is 50.7 Å². The fourth-order valence-corrected chi connectivity index (χ4v) is 3.23. The van der Waals surface area contributed by atoms with Crippen molar-refractivity contribution >= 4 is 11.7 Å². The van der Waals surface area contributed by atoms with Gasteiger partial charge in [-0.05, 0) is 44.2 Å². The number of amides is 1. The predicted octanol–water partition coefficient (Wildman–Crippen LogP) is 1.52. The van der Waals surface area contributed by atoms with E-state index in [1.54, 1.807) is 6.20 Å². The van der Waals surface area contributed by atoms with Crippen LogP contribution in [0.15, 0.2) is 18.3 Å². The Kier molecular flexibility index (Phi) is 5.21. The van der Waals surface area contributed by atoms with Crippen LogP contribution in [0.1, 0.15) is 38.5 Å². The summed E-state index contributed by atoms with van der Waals surface area (Å²) < 4.78 is 5.56. The van der Waals surface area contributed by atoms with Crippen LogP contribution in [-0.4, -0.2) is 47.9 Å². The molecule has 0 aromatic carbocycles. The number of hydrogen-bond donors (Lipinski definition) is 1. The van der Waals surface area contributed by atoms with Crippen molar-refractivity contribution in [3.63, 3.8) is 0 Å². The Hall–Kier alpha value is -1.69. The highest BCUT2D eigenvalue weighted by Gasteiger charge is 2.23. The molecule has 2 aliphatic heterocycles. The fourth-order valence-electron chi connectivity index (χ4n) is 3.23. The Morgan fingerprint density at radius 2 is 2.36 bits per heavy atom. The molecule has 0 unspecified atom stereocenters. The molecular formula is C16H24N4O2. The summed E-state index contributed by atoms with van der Waals surface area (Å²) in [4.78, 5) is 14.3. The molecule has 2 saturated heterocycles. The van der Waals surface area contributed by atoms with Crippen LogP contribution in [0.5, 0.6) is 0 Å². The van der Waals surface area contributed by atoms with E-state index in [1.165, 1.54) is 0 Å². The van der Waals surface area contributed by atoms with Gasteiger partial charge in [0.15, 0.2) is 5.82 Å². The number of piperidine rings is 1. The summed E-state index contributed by atoms with van der Waals surface area (Å²) in [5, 5.41) is 11.2. The van der Waals surface area contributed by atoms with Gasteiger partial charge in [0.2, 0.25) is 5.91 Å². The van der Waals surface area contributed by atoms with Gasteiger partial charge < -0.3 is 15.0 Å². The number of nitrogens with one attached hydrogen (secondary N) is 1. The summed E-state index contributed by atoms with van der Waals surface area (Å²) in [6.45, 7) is 2.63. The lowest BCUT2D eigenvalue weighted by Gasteiger charge is -2.33. The lowest BCUT2D eigenvalue weighted by atomic mass is 10.0. The zero-order valence-corrected chi connectivity index (χ0v) is 12.9. The van der Waals surface area contributed by atoms with Crippen molar-refractivity contribution in [2.24, 2.45) is 0 Å². The van der Waals surface area contributed by atoms with E-state index < -0.39 is 0 Å². The van der Waals surface area contributed by atoms with E-state index in [0.717, 1.165) is 57.6 Å². The zero-order chi connectivity index (χ0) is 15.2. The number of aromatic nitrogens is 2. The standard InChI is InChI=1S/C16H24N4O2/c21-16(8-7-14-5-3-11-22-14)18-13-4-2-10-20(12-13)15-6-1-9-17-19-15/h1,6,9,13-14H,2-5,7-8,10-12H2,(H,18,21)/t13-,14+/m0/s1. The Morgan fingerprint density at radius 1 is 1.41 bits per heavy atom. The highest BCUT2D eigenvalue weighted by atomic mass is 16.5. The van der Waals surface area contributed by atoms with Crippen molar-refractivity contribution in [1.29, 1.82) is 0 Å². The lowest BCUT2D eigenvalue weighted by Crippen LogP contribution is -2.48. The number of rotatable bonds is 5. The van der Waals surface area contributed by atoms with Gasteiger partial charge in [0.05, 0.1) is 6.10 Å². The van der Waals surface area contributed by atoms with Crippen molar-refractivity contribution in [3.05, 3.63) is 18.3 Å². The number of hydrogen-bond acceptors (Lipinski definition) is 5. The summed E-state index contributed by atoms with van der Waals surface area (Å²) in [5.74, 6) is 1.03. The van der Waals surface area contributed by atoms with Gasteiger partial charge in [0.1, 0.15) is 0 Å². The largest absolute Gasteiger partial charge is 0.378 e. The molecule has 0 saturated carbocycles. The van der Waals surface area contributed by atoms with Crippen molar-refractivity contribution in [3.8, 4) is 0 Å². The molecule has 2 aliphatic rings. The molecule has 120 valence electrons. The van der Waals surface area contributed by atoms with E-state index in [4.69, 9.17) is 4.74 Å². The smallest absolute Gasteiger partial charge is 0.220 e. The molecule has 0 radical (unpaired) electrons. The summed E-state index contributed by atoms with van der Waals surface area (Å²) in [7, 11) is 0. The number of nitrogens with zero attached hydrogens (tertiary/aromatic N) is 3. The highest BCUT2D eigenvalue weighted by molar-refractivity contribution is 5.76. The summed E-state index contributed by atoms with van der Waals surface area (Å²) >= 11 is 0. The van der Waals surface area contributed by atoms with Crippen LogP contribution in [0, 0.1) is 0 Å². The molecular weight excluding hydrogens is 280 g/mol. The van der Waals surface area contributed by atoms with Crippen LogP contribution in [0.25, 0.3) is 0 Å². The Morgan fingerprint density at radius 3 is 3.14 bits per heavy atom. The van der Waals surface area contributed by atoms with Gasteiger partial charge in [-0.15, -0.1) is 5.10 Å². The van der Waals surface area contributed by atoms with E-state index in [1.807, 2.05) is 12.1 Å². The number of ether oxygens (including phenoxy) is 1. The van der Waals surface area contributed by atoms with Crippen LogP contribution < -0.4 is 10.2 Å². The van der Waals surface area contributed by atoms with Gasteiger partial charge in [-0.2, -0.15) is 5.10 Å². The first kappa shape index (κ1) is 15.2. The van der Waals surface area contributed by atoms with Crippen molar-refractivity contribution in [1.82, 2.24) is 15.5 Å². The first-order valence-corrected chi connectivity index (χ1v) is 8.25. The van der Waals surface area contributed by atoms with E-state index >= 15 is 0 Å². The average molecular weight is 304 g/mol. The molecule has 6 nitrogen and oxygen atoms in total. The molecule has 3 rings (SSSR count). The molecule has 2 atom stereocenters. The molecule has 1 aromatic rings. The monoisotopic (exact) mass is 304 g/mol. The number of carbonyl (C=O) groups is 1. The molecule has 0 bridgehead atoms. The van der Waals surface area contributed by atoms with Crippen LogP contribution in [0.3, 0.4) is 0 Å². The fraction of sp³-hybridized carbons (Fsp3) is 0.688. The highest BCUT2D eigenvalue weighted by Crippen LogP contribution is 2.18. The molecule has 0 aliphatic carbocycles. The Balaban J connectivity index is 1.44. The first-order valence-electron chi connectivity index (χ1n) is 8.25. The maximum atomic E-state index is 12.1. The molecule has 1 N–H and O–H groups in total. The summed E-state index contributed by atoms with van der Waals surface area (Å²) in [6.07, 6.45) is 7.68. The molecule has 0 spiro atoms. The second-order valence-corrected chi connectivity index (χ2v) is 6.11. The van der Waals surface area contributed by atoms with E-state index in [0.29, 0.717) is 6.42 Å². The molecule has 1 aromatic heterocycles. The minimum atomic E-state index is 0.140. The topological polar surface area (TPSA) is 67.3 Å². The van der Waals surface area contributed by atoms with Gasteiger partial charge in [0.25, 0.3) is 0 Å². The van der Waals surface area contributed by atoms with Crippen molar-refractivity contribution < 1.29 is 9.53 Å². The van der Waals surface area contributed by atoms with Gasteiger partial charge in [-0.25, -0.2) is 0 Å². The first-order chi connectivity index (χ1) is 10.8. The van der Waals surface area contributed by atoms with Crippen LogP contribution in [0.4, 0.5) is 5.82 Å². The van der Waals surface area contributed by atoms with E-state index in [2.05, 4.69) is 20.4 Å². The Bertz CT molecular complexity index is 476. The summed E-state index contributed by atoms with van der Waals surface area (Å²) in [5.41, 5.74) is 0. The molecule has 6 heteroatoms. The predicted molar refractivity (Wildman–Crippen MR) is 83.6 cm³/mol. The molecule has 3 heterocycles. The van der Waals surface area contributed by atoms with Crippen LogP contribution >= 0.6 is 0 Å². The average Bonchev–Trinajstić information content (AvgIpc) is 3.08. The minimum Gasteiger partial charge on any atom is -0.378 e. The molecule has 22 heavy (non-hydrogen) atoms. The number of anilines is 1. The third kappa shape index (κ3) is 4.16. The van der Waals surface area contributed by atoms with Gasteiger partial charge in [-0.3, -0.25) is 4.79 Å². The maximum Gasteiger partial charge on any atom is 0.220 e. The van der Waals surface area contributed by atoms with E-state index in [-0.39, 0.29) is 18.1 Å². The third-order valence-corrected chi connectivity index (χ3v) is 4.39. The normalized spacial score (nSPS) is 25.2. The molecule has 2 fully saturated rings. The second kappa shape index (κ2) is 7.54. The number of carbonyl (C=O) groups excluding carboxylic acids is 1. The maximum absolute atomic E-state index is 12.1.